The molecule has 0 atom stereocenters. The molecule has 1 amide bonds. The Labute approximate surface area is 173 Å². The third kappa shape index (κ3) is 3.70. The summed E-state index contributed by atoms with van der Waals surface area (Å²) in [5.41, 5.74) is 0.184. The van der Waals surface area contributed by atoms with Gasteiger partial charge in [0.15, 0.2) is 17.4 Å². The number of benzene rings is 2. The minimum absolute atomic E-state index is 0.0944. The van der Waals surface area contributed by atoms with E-state index in [0.29, 0.717) is 0 Å². The fourth-order valence-corrected chi connectivity index (χ4v) is 3.16. The normalized spacial score (nSPS) is 15.3. The molecule has 0 saturated heterocycles. The Hall–Kier alpha value is -3.88. The van der Waals surface area contributed by atoms with E-state index >= 15 is 0 Å². The highest BCUT2D eigenvalue weighted by atomic mass is 19.3. The van der Waals surface area contributed by atoms with E-state index in [-0.39, 0.29) is 39.6 Å². The number of rotatable bonds is 4. The number of furan rings is 1. The van der Waals surface area contributed by atoms with Crippen molar-refractivity contribution in [2.45, 2.75) is 13.3 Å². The lowest BCUT2D eigenvalue weighted by Gasteiger charge is -2.12. The molecule has 3 aromatic rings. The first-order valence-electron chi connectivity index (χ1n) is 9.03. The topological polar surface area (TPSA) is 66.0 Å². The van der Waals surface area contributed by atoms with Crippen LogP contribution < -0.4 is 5.01 Å². The van der Waals surface area contributed by atoms with E-state index in [1.54, 1.807) is 6.07 Å². The maximum Gasteiger partial charge on any atom is 0.280 e. The molecule has 0 spiro atoms. The summed E-state index contributed by atoms with van der Waals surface area (Å²) in [6.45, 7) is 1.52. The molecule has 5 nitrogen and oxygen atoms in total. The summed E-state index contributed by atoms with van der Waals surface area (Å²) in [6, 6.07) is 10.5. The van der Waals surface area contributed by atoms with Crippen molar-refractivity contribution in [3.8, 4) is 17.1 Å². The van der Waals surface area contributed by atoms with Gasteiger partial charge in [0.05, 0.1) is 17.0 Å². The number of phenolic OH excluding ortho intramolecular Hbond substituents is 1. The smallest absolute Gasteiger partial charge is 0.280 e. The molecule has 0 radical (unpaired) electrons. The fourth-order valence-electron chi connectivity index (χ4n) is 3.16. The maximum absolute atomic E-state index is 13.7. The zero-order chi connectivity index (χ0) is 22.3. The molecule has 0 bridgehead atoms. The Morgan fingerprint density at radius 2 is 1.77 bits per heavy atom. The Balaban J connectivity index is 1.66. The fraction of sp³-hybridized carbons (Fsp3) is 0.0909. The zero-order valence-electron chi connectivity index (χ0n) is 15.9. The van der Waals surface area contributed by atoms with E-state index < -0.39 is 29.7 Å². The predicted octanol–water partition coefficient (Wildman–Crippen LogP) is 5.67. The van der Waals surface area contributed by atoms with Crippen LogP contribution in [0.4, 0.5) is 23.2 Å². The van der Waals surface area contributed by atoms with Crippen LogP contribution in [0, 0.1) is 11.6 Å². The molecule has 0 aliphatic carbocycles. The molecule has 2 heterocycles. The summed E-state index contributed by atoms with van der Waals surface area (Å²) in [7, 11) is 0. The average molecular weight is 430 g/mol. The van der Waals surface area contributed by atoms with Crippen LogP contribution in [0.1, 0.15) is 24.7 Å². The van der Waals surface area contributed by atoms with E-state index in [1.807, 2.05) is 0 Å². The number of phenols is 1. The standard InChI is InChI=1S/C22H14F4N2O3/c1-11-16(22(30)28(27-11)12-8-17(23)20(29)18(24)9-12)10-13-6-7-19(31-13)14-4-2-3-5-15(14)21(25)26/h2-10,21,29H,1H3. The SMILES string of the molecule is CC1=NN(c2cc(F)c(O)c(F)c2)C(=O)C1=Cc1ccc(-c2ccccc2C(F)F)o1. The largest absolute Gasteiger partial charge is 0.503 e. The second-order valence-electron chi connectivity index (χ2n) is 6.71. The quantitative estimate of drug-likeness (QED) is 0.428. The number of carbonyl (C=O) groups is 1. The molecule has 1 N–H and O–H groups in total. The molecule has 1 aromatic heterocycles. The van der Waals surface area contributed by atoms with Gasteiger partial charge >= 0.3 is 0 Å². The van der Waals surface area contributed by atoms with Gasteiger partial charge in [0.2, 0.25) is 0 Å². The number of anilines is 1. The highest BCUT2D eigenvalue weighted by Crippen LogP contribution is 2.34. The summed E-state index contributed by atoms with van der Waals surface area (Å²) < 4.78 is 59.4. The molecule has 0 saturated carbocycles. The summed E-state index contributed by atoms with van der Waals surface area (Å²) in [6.07, 6.45) is -1.32. The first-order chi connectivity index (χ1) is 14.8. The van der Waals surface area contributed by atoms with Crippen molar-refractivity contribution in [2.24, 2.45) is 5.10 Å². The Morgan fingerprint density at radius 3 is 2.45 bits per heavy atom. The molecular weight excluding hydrogens is 416 g/mol. The van der Waals surface area contributed by atoms with Gasteiger partial charge in [0.25, 0.3) is 12.3 Å². The van der Waals surface area contributed by atoms with Gasteiger partial charge in [-0.15, -0.1) is 0 Å². The van der Waals surface area contributed by atoms with Crippen molar-refractivity contribution in [2.75, 3.05) is 5.01 Å². The minimum atomic E-state index is -2.69. The van der Waals surface area contributed by atoms with Gasteiger partial charge in [-0.3, -0.25) is 4.79 Å². The number of nitrogens with zero attached hydrogens (tertiary/aromatic N) is 2. The number of halogens is 4. The van der Waals surface area contributed by atoms with Crippen LogP contribution in [-0.4, -0.2) is 16.7 Å². The number of amides is 1. The van der Waals surface area contributed by atoms with E-state index in [2.05, 4.69) is 5.10 Å². The molecule has 158 valence electrons. The van der Waals surface area contributed by atoms with Gasteiger partial charge in [-0.2, -0.15) is 10.1 Å². The van der Waals surface area contributed by atoms with Crippen LogP contribution in [-0.2, 0) is 4.79 Å². The summed E-state index contributed by atoms with van der Waals surface area (Å²) in [5, 5.41) is 14.0. The van der Waals surface area contributed by atoms with Gasteiger partial charge in [-0.1, -0.05) is 24.3 Å². The summed E-state index contributed by atoms with van der Waals surface area (Å²) in [4.78, 5) is 12.7. The second kappa shape index (κ2) is 7.75. The van der Waals surface area contributed by atoms with Crippen molar-refractivity contribution in [1.82, 2.24) is 0 Å². The number of aromatic hydroxyl groups is 1. The molecule has 0 fully saturated rings. The van der Waals surface area contributed by atoms with E-state index in [4.69, 9.17) is 4.42 Å². The minimum Gasteiger partial charge on any atom is -0.503 e. The first-order valence-corrected chi connectivity index (χ1v) is 9.03. The Kier molecular flexibility index (Phi) is 5.10. The average Bonchev–Trinajstić information content (AvgIpc) is 3.32. The highest BCUT2D eigenvalue weighted by molar-refractivity contribution is 6.32. The third-order valence-electron chi connectivity index (χ3n) is 4.68. The first kappa shape index (κ1) is 20.4. The second-order valence-corrected chi connectivity index (χ2v) is 6.71. The maximum atomic E-state index is 13.7. The third-order valence-corrected chi connectivity index (χ3v) is 4.68. The zero-order valence-corrected chi connectivity index (χ0v) is 15.9. The molecule has 1 aliphatic heterocycles. The lowest BCUT2D eigenvalue weighted by atomic mass is 10.1. The van der Waals surface area contributed by atoms with E-state index in [9.17, 15) is 27.5 Å². The molecule has 1 aliphatic rings. The monoisotopic (exact) mass is 430 g/mol. The van der Waals surface area contributed by atoms with E-state index in [1.165, 1.54) is 43.3 Å². The van der Waals surface area contributed by atoms with E-state index in [0.717, 1.165) is 17.1 Å². The van der Waals surface area contributed by atoms with Gasteiger partial charge in [-0.05, 0) is 25.1 Å². The molecule has 9 heteroatoms. The van der Waals surface area contributed by atoms with Crippen LogP contribution in [0.25, 0.3) is 17.4 Å². The van der Waals surface area contributed by atoms with Crippen LogP contribution in [0.15, 0.2) is 63.6 Å². The lowest BCUT2D eigenvalue weighted by molar-refractivity contribution is -0.114. The van der Waals surface area contributed by atoms with Crippen LogP contribution in [0.3, 0.4) is 0 Å². The summed E-state index contributed by atoms with van der Waals surface area (Å²) in [5.74, 6) is -3.89. The highest BCUT2D eigenvalue weighted by Gasteiger charge is 2.30. The predicted molar refractivity (Wildman–Crippen MR) is 106 cm³/mol. The van der Waals surface area contributed by atoms with Crippen molar-refractivity contribution in [1.29, 1.82) is 0 Å². The Bertz CT molecular complexity index is 1220. The van der Waals surface area contributed by atoms with Crippen LogP contribution in [0.5, 0.6) is 5.75 Å². The van der Waals surface area contributed by atoms with Crippen molar-refractivity contribution in [3.63, 3.8) is 0 Å². The molecule has 2 aromatic carbocycles. The number of hydrogen-bond donors (Lipinski definition) is 1. The number of alkyl halides is 2. The van der Waals surface area contributed by atoms with Gasteiger partial charge in [0.1, 0.15) is 11.5 Å². The van der Waals surface area contributed by atoms with Crippen molar-refractivity contribution >= 4 is 23.4 Å². The molecular formula is C22H14F4N2O3. The summed E-state index contributed by atoms with van der Waals surface area (Å²) >= 11 is 0. The van der Waals surface area contributed by atoms with Crippen molar-refractivity contribution in [3.05, 3.63) is 77.1 Å². The van der Waals surface area contributed by atoms with Gasteiger partial charge < -0.3 is 9.52 Å². The lowest BCUT2D eigenvalue weighted by Crippen LogP contribution is -2.21. The molecule has 0 unspecified atom stereocenters. The number of hydrazone groups is 1. The van der Waals surface area contributed by atoms with Gasteiger partial charge in [-0.25, -0.2) is 17.6 Å². The Morgan fingerprint density at radius 1 is 1.10 bits per heavy atom. The molecule has 31 heavy (non-hydrogen) atoms. The van der Waals surface area contributed by atoms with Crippen molar-refractivity contribution < 1.29 is 31.9 Å². The van der Waals surface area contributed by atoms with Gasteiger partial charge in [0, 0.05) is 23.3 Å². The number of hydrogen-bond acceptors (Lipinski definition) is 4. The number of carbonyl (C=O) groups excluding carboxylic acids is 1. The molecule has 4 rings (SSSR count). The van der Waals surface area contributed by atoms with Crippen LogP contribution >= 0.6 is 0 Å². The van der Waals surface area contributed by atoms with Crippen LogP contribution in [0.2, 0.25) is 0 Å².